The van der Waals surface area contributed by atoms with Gasteiger partial charge in [0, 0.05) is 38.9 Å². The maximum absolute atomic E-state index is 14.8. The second-order valence-corrected chi connectivity index (χ2v) is 7.80. The molecule has 3 aromatic rings. The maximum atomic E-state index is 14.8. The molecule has 1 aliphatic rings. The number of rotatable bonds is 5. The zero-order valence-electron chi connectivity index (χ0n) is 17.6. The van der Waals surface area contributed by atoms with Gasteiger partial charge in [-0.05, 0) is 67.1 Å². The van der Waals surface area contributed by atoms with Gasteiger partial charge < -0.3 is 15.1 Å². The third kappa shape index (κ3) is 4.44. The molecule has 6 heteroatoms. The summed E-state index contributed by atoms with van der Waals surface area (Å²) in [6.45, 7) is 1.57. The number of amides is 1. The largest absolute Gasteiger partial charge is 0.368 e. The fourth-order valence-corrected chi connectivity index (χ4v) is 3.93. The van der Waals surface area contributed by atoms with Gasteiger partial charge in [-0.3, -0.25) is 4.79 Å². The lowest BCUT2D eigenvalue weighted by Gasteiger charge is -2.22. The Labute approximate surface area is 182 Å². The molecular weight excluding hydrogens is 396 g/mol. The van der Waals surface area contributed by atoms with Gasteiger partial charge in [-0.15, -0.1) is 0 Å². The van der Waals surface area contributed by atoms with Crippen LogP contribution in [0.15, 0.2) is 66.7 Å². The van der Waals surface area contributed by atoms with E-state index in [9.17, 15) is 13.6 Å². The Balaban J connectivity index is 0.00000289. The predicted octanol–water partition coefficient (Wildman–Crippen LogP) is 4.95. The SMILES string of the molecule is CNC1CCN(c2ccc(N(C)C(=O)c3ccc(-c4ccc(F)cc4)cc3)cc2F)C1.[HH]. The number of hydrogen-bond donors (Lipinski definition) is 1. The van der Waals surface area contributed by atoms with Crippen molar-refractivity contribution in [3.63, 3.8) is 0 Å². The Hall–Kier alpha value is -3.25. The molecule has 4 rings (SSSR count). The third-order valence-electron chi connectivity index (χ3n) is 5.87. The summed E-state index contributed by atoms with van der Waals surface area (Å²) < 4.78 is 27.9. The summed E-state index contributed by atoms with van der Waals surface area (Å²) in [4.78, 5) is 16.4. The van der Waals surface area contributed by atoms with Crippen molar-refractivity contribution in [3.8, 4) is 11.1 Å². The smallest absolute Gasteiger partial charge is 0.258 e. The summed E-state index contributed by atoms with van der Waals surface area (Å²) in [5, 5.41) is 3.23. The van der Waals surface area contributed by atoms with Crippen molar-refractivity contribution in [1.29, 1.82) is 0 Å². The summed E-state index contributed by atoms with van der Waals surface area (Å²) >= 11 is 0. The van der Waals surface area contributed by atoms with E-state index in [0.29, 0.717) is 23.0 Å². The molecule has 0 saturated carbocycles. The van der Waals surface area contributed by atoms with Gasteiger partial charge >= 0.3 is 0 Å². The highest BCUT2D eigenvalue weighted by Crippen LogP contribution is 2.28. The van der Waals surface area contributed by atoms with Gasteiger partial charge in [-0.25, -0.2) is 8.78 Å². The highest BCUT2D eigenvalue weighted by molar-refractivity contribution is 6.06. The van der Waals surface area contributed by atoms with Crippen molar-refractivity contribution in [3.05, 3.63) is 83.9 Å². The topological polar surface area (TPSA) is 35.6 Å². The normalized spacial score (nSPS) is 15.9. The average Bonchev–Trinajstić information content (AvgIpc) is 3.28. The van der Waals surface area contributed by atoms with Gasteiger partial charge in [0.1, 0.15) is 11.6 Å². The van der Waals surface area contributed by atoms with Crippen molar-refractivity contribution in [2.45, 2.75) is 12.5 Å². The maximum Gasteiger partial charge on any atom is 0.258 e. The van der Waals surface area contributed by atoms with Gasteiger partial charge in [0.25, 0.3) is 5.91 Å². The minimum atomic E-state index is -0.333. The van der Waals surface area contributed by atoms with Crippen LogP contribution in [0.1, 0.15) is 18.2 Å². The van der Waals surface area contributed by atoms with Crippen LogP contribution < -0.4 is 15.1 Å². The Kier molecular flexibility index (Phi) is 6.00. The number of carbonyl (C=O) groups is 1. The van der Waals surface area contributed by atoms with Crippen LogP contribution in [0.25, 0.3) is 11.1 Å². The van der Waals surface area contributed by atoms with Gasteiger partial charge in [0.15, 0.2) is 0 Å². The Morgan fingerprint density at radius 3 is 2.26 bits per heavy atom. The average molecular weight is 424 g/mol. The number of benzene rings is 3. The molecule has 0 aliphatic carbocycles. The number of nitrogens with one attached hydrogen (secondary N) is 1. The summed E-state index contributed by atoms with van der Waals surface area (Å²) in [5.74, 6) is -0.850. The molecule has 31 heavy (non-hydrogen) atoms. The molecule has 1 unspecified atom stereocenters. The van der Waals surface area contributed by atoms with E-state index >= 15 is 0 Å². The number of halogens is 2. The first-order valence-electron chi connectivity index (χ1n) is 10.3. The number of hydrogen-bond acceptors (Lipinski definition) is 3. The van der Waals surface area contributed by atoms with Crippen LogP contribution in [0.3, 0.4) is 0 Å². The molecule has 1 N–H and O–H groups in total. The van der Waals surface area contributed by atoms with Crippen LogP contribution in [-0.2, 0) is 0 Å². The summed E-state index contributed by atoms with van der Waals surface area (Å²) in [6.07, 6.45) is 0.976. The second kappa shape index (κ2) is 8.86. The molecule has 0 spiro atoms. The molecule has 162 valence electrons. The molecule has 0 aromatic heterocycles. The van der Waals surface area contributed by atoms with E-state index in [1.54, 1.807) is 43.4 Å². The number of anilines is 2. The number of likely N-dealkylation sites (N-methyl/N-ethyl adjacent to an activating group) is 1. The molecule has 4 nitrogen and oxygen atoms in total. The van der Waals surface area contributed by atoms with Crippen LogP contribution in [-0.4, -0.2) is 39.1 Å². The Bertz CT molecular complexity index is 1070. The lowest BCUT2D eigenvalue weighted by molar-refractivity contribution is 0.0993. The minimum Gasteiger partial charge on any atom is -0.368 e. The summed E-state index contributed by atoms with van der Waals surface area (Å²) in [5.41, 5.74) is 3.31. The van der Waals surface area contributed by atoms with E-state index < -0.39 is 0 Å². The van der Waals surface area contributed by atoms with E-state index in [1.165, 1.54) is 23.1 Å². The first-order chi connectivity index (χ1) is 15.0. The summed E-state index contributed by atoms with van der Waals surface area (Å²) in [6, 6.07) is 18.6. The molecule has 1 aliphatic heterocycles. The van der Waals surface area contributed by atoms with Crippen molar-refractivity contribution >= 4 is 17.3 Å². The monoisotopic (exact) mass is 423 g/mol. The standard InChI is InChI=1S/C25H25F2N3O.H2/c1-28-21-13-14-30(16-21)24-12-11-22(15-23(24)27)29(2)25(31)19-5-3-17(4-6-19)18-7-9-20(26)10-8-18;/h3-12,15,21,28H,13-14,16H2,1-2H3;1H. The number of carbonyl (C=O) groups excluding carboxylic acids is 1. The zero-order valence-corrected chi connectivity index (χ0v) is 17.6. The zero-order chi connectivity index (χ0) is 22.0. The van der Waals surface area contributed by atoms with Crippen molar-refractivity contribution in [2.75, 3.05) is 37.0 Å². The molecule has 3 aromatic carbocycles. The van der Waals surface area contributed by atoms with Crippen molar-refractivity contribution < 1.29 is 15.0 Å². The van der Waals surface area contributed by atoms with Crippen molar-refractivity contribution in [2.24, 2.45) is 0 Å². The number of nitrogens with zero attached hydrogens (tertiary/aromatic N) is 2. The molecule has 0 bridgehead atoms. The van der Waals surface area contributed by atoms with Crippen LogP contribution in [0, 0.1) is 11.6 Å². The molecule has 1 atom stereocenters. The fraction of sp³-hybridized carbons (Fsp3) is 0.240. The van der Waals surface area contributed by atoms with Gasteiger partial charge in [0.05, 0.1) is 5.69 Å². The van der Waals surface area contributed by atoms with Crippen LogP contribution in [0.5, 0.6) is 0 Å². The minimum absolute atomic E-state index is 0. The van der Waals surface area contributed by atoms with Crippen molar-refractivity contribution in [1.82, 2.24) is 5.32 Å². The molecule has 0 radical (unpaired) electrons. The van der Waals surface area contributed by atoms with E-state index in [4.69, 9.17) is 0 Å². The van der Waals surface area contributed by atoms with Gasteiger partial charge in [0.2, 0.25) is 0 Å². The Morgan fingerprint density at radius 1 is 1.03 bits per heavy atom. The third-order valence-corrected chi connectivity index (χ3v) is 5.87. The molecule has 1 heterocycles. The van der Waals surface area contributed by atoms with Crippen LogP contribution in [0.4, 0.5) is 20.2 Å². The van der Waals surface area contributed by atoms with Crippen LogP contribution in [0.2, 0.25) is 0 Å². The molecular formula is C25H27F2N3O. The lowest BCUT2D eigenvalue weighted by Crippen LogP contribution is -2.30. The highest BCUT2D eigenvalue weighted by Gasteiger charge is 2.24. The van der Waals surface area contributed by atoms with E-state index in [0.717, 1.165) is 30.6 Å². The van der Waals surface area contributed by atoms with Crippen LogP contribution >= 0.6 is 0 Å². The molecule has 1 saturated heterocycles. The first-order valence-corrected chi connectivity index (χ1v) is 10.3. The van der Waals surface area contributed by atoms with Gasteiger partial charge in [-0.1, -0.05) is 24.3 Å². The Morgan fingerprint density at radius 2 is 1.68 bits per heavy atom. The van der Waals surface area contributed by atoms with Gasteiger partial charge in [-0.2, -0.15) is 0 Å². The van der Waals surface area contributed by atoms with E-state index in [-0.39, 0.29) is 19.0 Å². The summed E-state index contributed by atoms with van der Waals surface area (Å²) in [7, 11) is 3.55. The second-order valence-electron chi connectivity index (χ2n) is 7.80. The quantitative estimate of drug-likeness (QED) is 0.631. The van der Waals surface area contributed by atoms with E-state index in [1.807, 2.05) is 24.1 Å². The molecule has 1 amide bonds. The lowest BCUT2D eigenvalue weighted by atomic mass is 10.0. The highest BCUT2D eigenvalue weighted by atomic mass is 19.1. The molecule has 1 fully saturated rings. The fourth-order valence-electron chi connectivity index (χ4n) is 3.93. The predicted molar refractivity (Wildman–Crippen MR) is 123 cm³/mol. The first kappa shape index (κ1) is 21.0. The van der Waals surface area contributed by atoms with E-state index in [2.05, 4.69) is 5.32 Å².